The highest BCUT2D eigenvalue weighted by Crippen LogP contribution is 2.47. The smallest absolute Gasteiger partial charge is 0.241 e. The number of benzene rings is 5. The van der Waals surface area contributed by atoms with Crippen molar-refractivity contribution in [1.29, 1.82) is 0 Å². The molecule has 3 fully saturated rings. The van der Waals surface area contributed by atoms with E-state index in [1.165, 1.54) is 0 Å². The van der Waals surface area contributed by atoms with Crippen molar-refractivity contribution >= 4 is 15.9 Å². The van der Waals surface area contributed by atoms with E-state index in [0.29, 0.717) is 19.8 Å². The van der Waals surface area contributed by atoms with Crippen LogP contribution in [0.1, 0.15) is 70.1 Å². The lowest BCUT2D eigenvalue weighted by Crippen LogP contribution is -2.50. The number of ether oxygens (including phenoxy) is 4. The normalized spacial score (nSPS) is 22.4. The van der Waals surface area contributed by atoms with Crippen molar-refractivity contribution in [3.63, 3.8) is 0 Å². The zero-order valence-electron chi connectivity index (χ0n) is 33.8. The third-order valence-electron chi connectivity index (χ3n) is 11.8. The number of aliphatic hydroxyl groups is 1. The van der Waals surface area contributed by atoms with Gasteiger partial charge in [0.25, 0.3) is 0 Å². The molecule has 0 bridgehead atoms. The van der Waals surface area contributed by atoms with Crippen LogP contribution in [0.25, 0.3) is 0 Å². The van der Waals surface area contributed by atoms with E-state index in [9.17, 15) is 18.3 Å². The Bertz CT molecular complexity index is 2260. The SMILES string of the molecule is Cc1ccc(S(=O)(=O)NC(Cc2ccccc2)C(=O)NCc2ccc(C3OC(CN4CCC5(CC4)OCCO5)C(c4ccccc4)C(c4ccc(CO)cc4)O3)cc2)cc1. The maximum absolute atomic E-state index is 13.7. The van der Waals surface area contributed by atoms with Crippen molar-refractivity contribution in [2.75, 3.05) is 32.8 Å². The molecule has 0 aliphatic carbocycles. The zero-order valence-corrected chi connectivity index (χ0v) is 34.6. The fraction of sp³-hybridized carbons (Fsp3) is 0.354. The molecule has 0 saturated carbocycles. The van der Waals surface area contributed by atoms with E-state index >= 15 is 0 Å². The minimum Gasteiger partial charge on any atom is -0.392 e. The fourth-order valence-electron chi connectivity index (χ4n) is 8.40. The molecule has 3 aliphatic rings. The molecule has 3 saturated heterocycles. The molecule has 5 aromatic rings. The molecule has 5 atom stereocenters. The van der Waals surface area contributed by atoms with Crippen LogP contribution in [0.4, 0.5) is 0 Å². The van der Waals surface area contributed by atoms with Crippen molar-refractivity contribution in [3.8, 4) is 0 Å². The number of hydrogen-bond acceptors (Lipinski definition) is 9. The van der Waals surface area contributed by atoms with Gasteiger partial charge in [0.15, 0.2) is 12.1 Å². The van der Waals surface area contributed by atoms with Crippen molar-refractivity contribution in [1.82, 2.24) is 14.9 Å². The second kappa shape index (κ2) is 18.9. The van der Waals surface area contributed by atoms with E-state index in [4.69, 9.17) is 18.9 Å². The summed E-state index contributed by atoms with van der Waals surface area (Å²) in [5.74, 6) is -1.04. The monoisotopic (exact) mass is 831 g/mol. The molecule has 1 spiro atoms. The highest BCUT2D eigenvalue weighted by molar-refractivity contribution is 7.89. The first-order valence-corrected chi connectivity index (χ1v) is 22.2. The van der Waals surface area contributed by atoms with Gasteiger partial charge in [0.05, 0.1) is 36.9 Å². The minimum absolute atomic E-state index is 0.0459. The second-order valence-electron chi connectivity index (χ2n) is 15.9. The summed E-state index contributed by atoms with van der Waals surface area (Å²) in [4.78, 5) is 16.3. The van der Waals surface area contributed by atoms with Crippen LogP contribution in [0, 0.1) is 6.92 Å². The first kappa shape index (κ1) is 42.0. The molecule has 5 aromatic carbocycles. The van der Waals surface area contributed by atoms with Crippen LogP contribution in [-0.2, 0) is 53.3 Å². The number of rotatable bonds is 14. The van der Waals surface area contributed by atoms with E-state index in [1.54, 1.807) is 24.3 Å². The van der Waals surface area contributed by atoms with E-state index in [-0.39, 0.29) is 42.6 Å². The van der Waals surface area contributed by atoms with Crippen LogP contribution in [0.5, 0.6) is 0 Å². The van der Waals surface area contributed by atoms with Crippen LogP contribution in [0.3, 0.4) is 0 Å². The topological polar surface area (TPSA) is 136 Å². The highest BCUT2D eigenvalue weighted by atomic mass is 32.2. The summed E-state index contributed by atoms with van der Waals surface area (Å²) in [7, 11) is -3.98. The van der Waals surface area contributed by atoms with Crippen molar-refractivity contribution < 1.29 is 37.3 Å². The Labute approximate surface area is 352 Å². The second-order valence-corrected chi connectivity index (χ2v) is 17.7. The Morgan fingerprint density at radius 2 is 1.37 bits per heavy atom. The number of likely N-dealkylation sites (tertiary alicyclic amines) is 1. The number of aliphatic hydroxyl groups excluding tert-OH is 1. The molecule has 8 rings (SSSR count). The Balaban J connectivity index is 1.00. The van der Waals surface area contributed by atoms with Crippen LogP contribution < -0.4 is 10.0 Å². The third kappa shape index (κ3) is 10.0. The maximum Gasteiger partial charge on any atom is 0.241 e. The van der Waals surface area contributed by atoms with Crippen LogP contribution >= 0.6 is 0 Å². The summed E-state index contributed by atoms with van der Waals surface area (Å²) >= 11 is 0. The third-order valence-corrected chi connectivity index (χ3v) is 13.3. The van der Waals surface area contributed by atoms with Crippen LogP contribution in [-0.4, -0.2) is 75.1 Å². The molecule has 314 valence electrons. The van der Waals surface area contributed by atoms with Gasteiger partial charge in [0, 0.05) is 50.5 Å². The van der Waals surface area contributed by atoms with E-state index in [0.717, 1.165) is 64.9 Å². The molecule has 3 aliphatic heterocycles. The van der Waals surface area contributed by atoms with Gasteiger partial charge in [0.2, 0.25) is 15.9 Å². The van der Waals surface area contributed by atoms with Crippen LogP contribution in [0.15, 0.2) is 138 Å². The van der Waals surface area contributed by atoms with Gasteiger partial charge in [-0.15, -0.1) is 0 Å². The van der Waals surface area contributed by atoms with Gasteiger partial charge in [-0.05, 0) is 53.3 Å². The first-order valence-electron chi connectivity index (χ1n) is 20.7. The Kier molecular flexibility index (Phi) is 13.2. The summed E-state index contributed by atoms with van der Waals surface area (Å²) in [6, 6.07) is 40.9. The van der Waals surface area contributed by atoms with Gasteiger partial charge in [-0.25, -0.2) is 8.42 Å². The van der Waals surface area contributed by atoms with Gasteiger partial charge < -0.3 is 34.3 Å². The number of piperidine rings is 1. The van der Waals surface area contributed by atoms with Crippen molar-refractivity contribution in [3.05, 3.63) is 172 Å². The predicted octanol–water partition coefficient (Wildman–Crippen LogP) is 6.47. The lowest BCUT2D eigenvalue weighted by molar-refractivity contribution is -0.265. The lowest BCUT2D eigenvalue weighted by Gasteiger charge is -2.46. The van der Waals surface area contributed by atoms with Crippen LogP contribution in [0.2, 0.25) is 0 Å². The summed E-state index contributed by atoms with van der Waals surface area (Å²) < 4.78 is 55.4. The number of hydrogen-bond donors (Lipinski definition) is 3. The molecular weight excluding hydrogens is 779 g/mol. The molecule has 0 aromatic heterocycles. The fourth-order valence-corrected chi connectivity index (χ4v) is 9.59. The molecule has 3 heterocycles. The molecule has 1 amide bonds. The van der Waals surface area contributed by atoms with Gasteiger partial charge >= 0.3 is 0 Å². The first-order chi connectivity index (χ1) is 29.2. The molecule has 5 unspecified atom stereocenters. The number of nitrogens with zero attached hydrogens (tertiary/aromatic N) is 1. The molecule has 60 heavy (non-hydrogen) atoms. The summed E-state index contributed by atoms with van der Waals surface area (Å²) in [6.45, 7) is 5.62. The number of carbonyl (C=O) groups excluding carboxylic acids is 1. The van der Waals surface area contributed by atoms with Gasteiger partial charge in [-0.3, -0.25) is 4.79 Å². The van der Waals surface area contributed by atoms with E-state index < -0.39 is 34.0 Å². The quantitative estimate of drug-likeness (QED) is 0.115. The number of aryl methyl sites for hydroxylation is 1. The number of sulfonamides is 1. The predicted molar refractivity (Wildman–Crippen MR) is 227 cm³/mol. The van der Waals surface area contributed by atoms with Gasteiger partial charge in [0.1, 0.15) is 6.04 Å². The number of amides is 1. The Hall–Kier alpha value is -4.76. The summed E-state index contributed by atoms with van der Waals surface area (Å²) in [5.41, 5.74) is 6.36. The average molecular weight is 832 g/mol. The molecular formula is C48H53N3O8S. The molecule has 0 radical (unpaired) electrons. The average Bonchev–Trinajstić information content (AvgIpc) is 3.74. The molecule has 12 heteroatoms. The molecule has 11 nitrogen and oxygen atoms in total. The number of carbonyl (C=O) groups is 1. The van der Waals surface area contributed by atoms with E-state index in [2.05, 4.69) is 27.1 Å². The standard InChI is InChI=1S/C48H53N3O8S/c1-34-12-22-41(23-13-34)60(54,55)50-42(30-35-8-4-2-5-9-35)46(53)49-31-36-14-20-40(21-15-36)47-58-43(32-51-26-24-48(25-27-51)56-28-29-57-48)44(38-10-6-3-7-11-38)45(59-47)39-18-16-37(33-52)17-19-39/h2-23,42-45,47,50,52H,24-33H2,1H3,(H,49,53). The lowest BCUT2D eigenvalue weighted by atomic mass is 9.83. The van der Waals surface area contributed by atoms with E-state index in [1.807, 2.05) is 104 Å². The largest absolute Gasteiger partial charge is 0.392 e. The summed E-state index contributed by atoms with van der Waals surface area (Å²) in [6.07, 6.45) is 0.492. The van der Waals surface area contributed by atoms with Crippen molar-refractivity contribution in [2.24, 2.45) is 0 Å². The van der Waals surface area contributed by atoms with Gasteiger partial charge in [-0.1, -0.05) is 127 Å². The molecule has 3 N–H and O–H groups in total. The highest BCUT2D eigenvalue weighted by Gasteiger charge is 2.45. The Morgan fingerprint density at radius 1 is 0.750 bits per heavy atom. The summed E-state index contributed by atoms with van der Waals surface area (Å²) in [5, 5.41) is 12.8. The van der Waals surface area contributed by atoms with Gasteiger partial charge in [-0.2, -0.15) is 4.72 Å². The minimum atomic E-state index is -3.98. The maximum atomic E-state index is 13.7. The Morgan fingerprint density at radius 3 is 2.02 bits per heavy atom. The van der Waals surface area contributed by atoms with Crippen molar-refractivity contribution in [2.45, 2.75) is 80.5 Å². The zero-order chi connectivity index (χ0) is 41.5. The number of nitrogens with one attached hydrogen (secondary N) is 2.